The maximum absolute atomic E-state index is 10.8. The van der Waals surface area contributed by atoms with Crippen molar-refractivity contribution in [3.8, 4) is 0 Å². The molecule has 25 heavy (non-hydrogen) atoms. The fourth-order valence-electron chi connectivity index (χ4n) is 4.31. The number of aliphatic hydroxyl groups is 1. The Kier molecular flexibility index (Phi) is 5.02. The Morgan fingerprint density at radius 3 is 2.48 bits per heavy atom. The second-order valence-corrected chi connectivity index (χ2v) is 8.39. The summed E-state index contributed by atoms with van der Waals surface area (Å²) in [6.45, 7) is 6.30. The zero-order valence-electron chi connectivity index (χ0n) is 14.7. The first kappa shape index (κ1) is 17.3. The van der Waals surface area contributed by atoms with Crippen molar-refractivity contribution < 1.29 is 5.11 Å². The number of anilines is 1. The lowest BCUT2D eigenvalue weighted by molar-refractivity contribution is 0.0393. The Morgan fingerprint density at radius 2 is 1.72 bits per heavy atom. The summed E-state index contributed by atoms with van der Waals surface area (Å²) in [5.74, 6) is 0. The minimum atomic E-state index is -0.256. The first-order valence-electron chi connectivity index (χ1n) is 9.12. The van der Waals surface area contributed by atoms with Gasteiger partial charge in [0.15, 0.2) is 0 Å². The van der Waals surface area contributed by atoms with Crippen molar-refractivity contribution in [1.29, 1.82) is 0 Å². The number of rotatable bonds is 2. The zero-order chi connectivity index (χ0) is 17.4. The molecule has 0 amide bonds. The molecule has 2 aromatic rings. The molecule has 0 spiro atoms. The molecule has 0 radical (unpaired) electrons. The maximum Gasteiger partial charge on any atom is 0.0739 e. The molecule has 4 heteroatoms. The van der Waals surface area contributed by atoms with Crippen LogP contribution in [0, 0.1) is 10.5 Å². The van der Waals surface area contributed by atoms with Crippen LogP contribution in [0.5, 0.6) is 0 Å². The summed E-state index contributed by atoms with van der Waals surface area (Å²) in [4.78, 5) is 4.99. The van der Waals surface area contributed by atoms with E-state index in [-0.39, 0.29) is 12.1 Å². The third-order valence-corrected chi connectivity index (χ3v) is 6.75. The molecule has 2 atom stereocenters. The van der Waals surface area contributed by atoms with Crippen LogP contribution >= 0.6 is 22.6 Å². The van der Waals surface area contributed by atoms with Gasteiger partial charge >= 0.3 is 0 Å². The van der Waals surface area contributed by atoms with E-state index in [4.69, 9.17) is 0 Å². The first-order chi connectivity index (χ1) is 12.1. The van der Waals surface area contributed by atoms with E-state index < -0.39 is 0 Å². The topological polar surface area (TPSA) is 26.7 Å². The van der Waals surface area contributed by atoms with E-state index >= 15 is 0 Å². The number of para-hydroxylation sites is 1. The van der Waals surface area contributed by atoms with Gasteiger partial charge in [0.1, 0.15) is 0 Å². The van der Waals surface area contributed by atoms with Gasteiger partial charge in [-0.05, 0) is 64.8 Å². The molecule has 4 rings (SSSR count). The van der Waals surface area contributed by atoms with E-state index in [1.807, 2.05) is 0 Å². The number of nitrogens with zero attached hydrogens (tertiary/aromatic N) is 2. The molecule has 132 valence electrons. The van der Waals surface area contributed by atoms with Crippen molar-refractivity contribution in [1.82, 2.24) is 4.90 Å². The van der Waals surface area contributed by atoms with Gasteiger partial charge in [0.25, 0.3) is 0 Å². The number of benzene rings is 2. The molecular formula is C21H25IN2O. The summed E-state index contributed by atoms with van der Waals surface area (Å²) in [6.07, 6.45) is 1.50. The second kappa shape index (κ2) is 7.25. The van der Waals surface area contributed by atoms with Crippen molar-refractivity contribution in [2.24, 2.45) is 0 Å². The summed E-state index contributed by atoms with van der Waals surface area (Å²) in [5, 5.41) is 10.8. The SMILES string of the molecule is Cc1ccccc1N1CCN(C2Cc3cccc(I)c3CC2O)CC1. The highest BCUT2D eigenvalue weighted by atomic mass is 127. The lowest BCUT2D eigenvalue weighted by Gasteiger charge is -2.44. The maximum atomic E-state index is 10.8. The van der Waals surface area contributed by atoms with Gasteiger partial charge in [0.05, 0.1) is 6.10 Å². The summed E-state index contributed by atoms with van der Waals surface area (Å²) in [5.41, 5.74) is 5.47. The zero-order valence-corrected chi connectivity index (χ0v) is 16.8. The fourth-order valence-corrected chi connectivity index (χ4v) is 5.09. The molecule has 1 aliphatic carbocycles. The van der Waals surface area contributed by atoms with Crippen LogP contribution in [0.4, 0.5) is 5.69 Å². The molecule has 3 nitrogen and oxygen atoms in total. The van der Waals surface area contributed by atoms with Crippen molar-refractivity contribution in [2.75, 3.05) is 31.1 Å². The Hall–Kier alpha value is -1.11. The van der Waals surface area contributed by atoms with Crippen LogP contribution in [0.25, 0.3) is 0 Å². The molecule has 1 heterocycles. The van der Waals surface area contributed by atoms with Crippen LogP contribution in [0.1, 0.15) is 16.7 Å². The van der Waals surface area contributed by atoms with Crippen LogP contribution in [0.15, 0.2) is 42.5 Å². The molecule has 1 fully saturated rings. The van der Waals surface area contributed by atoms with Gasteiger partial charge in [-0.2, -0.15) is 0 Å². The highest BCUT2D eigenvalue weighted by Crippen LogP contribution is 2.29. The van der Waals surface area contributed by atoms with E-state index in [9.17, 15) is 5.11 Å². The average Bonchev–Trinajstić information content (AvgIpc) is 2.63. The summed E-state index contributed by atoms with van der Waals surface area (Å²) < 4.78 is 1.29. The van der Waals surface area contributed by atoms with Crippen molar-refractivity contribution >= 4 is 28.3 Å². The van der Waals surface area contributed by atoms with Gasteiger partial charge in [-0.3, -0.25) is 4.90 Å². The van der Waals surface area contributed by atoms with Gasteiger partial charge in [-0.25, -0.2) is 0 Å². The third-order valence-electron chi connectivity index (χ3n) is 5.74. The molecule has 0 aromatic heterocycles. The second-order valence-electron chi connectivity index (χ2n) is 7.23. The van der Waals surface area contributed by atoms with E-state index in [1.165, 1.54) is 25.9 Å². The molecule has 1 aliphatic heterocycles. The minimum absolute atomic E-state index is 0.254. The van der Waals surface area contributed by atoms with Crippen LogP contribution in [-0.4, -0.2) is 48.3 Å². The van der Waals surface area contributed by atoms with Gasteiger partial charge in [0.2, 0.25) is 0 Å². The summed E-state index contributed by atoms with van der Waals surface area (Å²) >= 11 is 2.40. The third kappa shape index (κ3) is 3.44. The number of hydrogen-bond acceptors (Lipinski definition) is 3. The Labute approximate surface area is 163 Å². The monoisotopic (exact) mass is 448 g/mol. The van der Waals surface area contributed by atoms with Gasteiger partial charge < -0.3 is 10.0 Å². The predicted molar refractivity (Wildman–Crippen MR) is 111 cm³/mol. The predicted octanol–water partition coefficient (Wildman–Crippen LogP) is 3.25. The Bertz CT molecular complexity index is 755. The van der Waals surface area contributed by atoms with E-state index in [0.29, 0.717) is 0 Å². The molecule has 2 unspecified atom stereocenters. The number of halogens is 1. The smallest absolute Gasteiger partial charge is 0.0739 e. The number of fused-ring (bicyclic) bond motifs is 1. The van der Waals surface area contributed by atoms with Crippen molar-refractivity contribution in [3.05, 3.63) is 62.7 Å². The van der Waals surface area contributed by atoms with E-state index in [1.54, 1.807) is 0 Å². The van der Waals surface area contributed by atoms with Gasteiger partial charge in [0, 0.05) is 47.9 Å². The normalized spacial score (nSPS) is 24.2. The molecule has 1 saturated heterocycles. The quantitative estimate of drug-likeness (QED) is 0.715. The van der Waals surface area contributed by atoms with Crippen LogP contribution in [0.2, 0.25) is 0 Å². The van der Waals surface area contributed by atoms with Crippen LogP contribution in [0.3, 0.4) is 0 Å². The van der Waals surface area contributed by atoms with Gasteiger partial charge in [-0.15, -0.1) is 0 Å². The highest BCUT2D eigenvalue weighted by Gasteiger charge is 2.34. The van der Waals surface area contributed by atoms with Crippen molar-refractivity contribution in [3.63, 3.8) is 0 Å². The molecule has 2 aromatic carbocycles. The van der Waals surface area contributed by atoms with E-state index in [2.05, 4.69) is 81.8 Å². The standard InChI is InChI=1S/C21H25IN2O/c1-15-5-2-3-8-19(15)23-9-11-24(12-10-23)20-13-16-6-4-7-18(22)17(16)14-21(20)25/h2-8,20-21,25H,9-14H2,1H3. The van der Waals surface area contributed by atoms with Crippen molar-refractivity contribution in [2.45, 2.75) is 31.9 Å². The minimum Gasteiger partial charge on any atom is -0.391 e. The lowest BCUT2D eigenvalue weighted by Crippen LogP contribution is -2.56. The molecule has 2 aliphatic rings. The summed E-state index contributed by atoms with van der Waals surface area (Å²) in [6, 6.07) is 15.4. The molecular weight excluding hydrogens is 423 g/mol. The Balaban J connectivity index is 1.45. The molecule has 0 saturated carbocycles. The molecule has 0 bridgehead atoms. The number of piperazine rings is 1. The Morgan fingerprint density at radius 1 is 0.960 bits per heavy atom. The van der Waals surface area contributed by atoms with Gasteiger partial charge in [-0.1, -0.05) is 30.3 Å². The van der Waals surface area contributed by atoms with Crippen LogP contribution in [-0.2, 0) is 12.8 Å². The lowest BCUT2D eigenvalue weighted by atomic mass is 9.85. The summed E-state index contributed by atoms with van der Waals surface area (Å²) in [7, 11) is 0. The van der Waals surface area contributed by atoms with Crippen LogP contribution < -0.4 is 4.90 Å². The molecule has 1 N–H and O–H groups in total. The number of aliphatic hydroxyl groups excluding tert-OH is 1. The number of aryl methyl sites for hydroxylation is 1. The van der Waals surface area contributed by atoms with E-state index in [0.717, 1.165) is 39.0 Å². The first-order valence-corrected chi connectivity index (χ1v) is 10.2. The fraction of sp³-hybridized carbons (Fsp3) is 0.429. The highest BCUT2D eigenvalue weighted by molar-refractivity contribution is 14.1. The largest absolute Gasteiger partial charge is 0.391 e. The average molecular weight is 448 g/mol. The number of hydrogen-bond donors (Lipinski definition) is 1.